The van der Waals surface area contributed by atoms with Gasteiger partial charge >= 0.3 is 0 Å². The Balaban J connectivity index is 1.76. The summed E-state index contributed by atoms with van der Waals surface area (Å²) in [4.78, 5) is 12.6. The molecule has 1 heterocycles. The molecule has 0 radical (unpaired) electrons. The normalized spacial score (nSPS) is 15.8. The molecule has 3 rings (SSSR count). The van der Waals surface area contributed by atoms with Crippen molar-refractivity contribution in [2.75, 3.05) is 20.8 Å². The van der Waals surface area contributed by atoms with Gasteiger partial charge in [0, 0.05) is 25.2 Å². The lowest BCUT2D eigenvalue weighted by Crippen LogP contribution is -2.39. The third kappa shape index (κ3) is 3.48. The molecule has 134 valence electrons. The summed E-state index contributed by atoms with van der Waals surface area (Å²) in [7, 11) is 4.96. The van der Waals surface area contributed by atoms with E-state index in [1.807, 2.05) is 12.1 Å². The Hall–Kier alpha value is -2.50. The average Bonchev–Trinajstić information content (AvgIpc) is 3.27. The molecule has 1 aliphatic carbocycles. The Kier molecular flexibility index (Phi) is 4.97. The molecular weight excluding hydrogens is 318 g/mol. The first-order valence-electron chi connectivity index (χ1n) is 8.58. The van der Waals surface area contributed by atoms with Gasteiger partial charge in [-0.25, -0.2) is 0 Å². The van der Waals surface area contributed by atoms with Crippen molar-refractivity contribution in [3.8, 4) is 11.6 Å². The minimum absolute atomic E-state index is 0.0165. The van der Waals surface area contributed by atoms with E-state index < -0.39 is 0 Å². The first-order valence-corrected chi connectivity index (χ1v) is 8.58. The molecule has 0 aliphatic heterocycles. The van der Waals surface area contributed by atoms with Crippen molar-refractivity contribution in [1.29, 1.82) is 0 Å². The summed E-state index contributed by atoms with van der Waals surface area (Å²) >= 11 is 0. The van der Waals surface area contributed by atoms with Gasteiger partial charge < -0.3 is 14.8 Å². The molecular formula is C19H25N3O3. The van der Waals surface area contributed by atoms with E-state index in [9.17, 15) is 4.79 Å². The van der Waals surface area contributed by atoms with Gasteiger partial charge in [-0.2, -0.15) is 0 Å². The number of aromatic nitrogens is 2. The van der Waals surface area contributed by atoms with Gasteiger partial charge in [0.2, 0.25) is 5.88 Å². The van der Waals surface area contributed by atoms with E-state index in [0.717, 1.165) is 18.6 Å². The van der Waals surface area contributed by atoms with E-state index in [-0.39, 0.29) is 11.3 Å². The standard InChI is InChI=1S/C19H25N3O3/c1-22-12-16(18(21-22)25-3)17(23)20-13-19(10-4-5-11-19)14-6-8-15(24-2)9-7-14/h6-9,12H,4-5,10-11,13H2,1-3H3,(H,20,23). The topological polar surface area (TPSA) is 65.4 Å². The lowest BCUT2D eigenvalue weighted by Gasteiger charge is -2.30. The number of carbonyl (C=O) groups excluding carboxylic acids is 1. The number of carbonyl (C=O) groups is 1. The lowest BCUT2D eigenvalue weighted by atomic mass is 9.78. The molecule has 1 N–H and O–H groups in total. The number of rotatable bonds is 6. The van der Waals surface area contributed by atoms with E-state index >= 15 is 0 Å². The Morgan fingerprint density at radius 1 is 1.20 bits per heavy atom. The van der Waals surface area contributed by atoms with Gasteiger partial charge in [-0.05, 0) is 30.5 Å². The second kappa shape index (κ2) is 7.17. The van der Waals surface area contributed by atoms with E-state index in [0.29, 0.717) is 18.0 Å². The maximum absolute atomic E-state index is 12.6. The summed E-state index contributed by atoms with van der Waals surface area (Å²) < 4.78 is 12.0. The molecule has 2 aromatic rings. The van der Waals surface area contributed by atoms with Crippen molar-refractivity contribution in [2.45, 2.75) is 31.1 Å². The lowest BCUT2D eigenvalue weighted by molar-refractivity contribution is 0.0940. The van der Waals surface area contributed by atoms with E-state index in [4.69, 9.17) is 9.47 Å². The van der Waals surface area contributed by atoms with Crippen LogP contribution in [-0.4, -0.2) is 36.5 Å². The number of hydrogen-bond acceptors (Lipinski definition) is 4. The van der Waals surface area contributed by atoms with Crippen LogP contribution in [0.4, 0.5) is 0 Å². The zero-order valence-electron chi connectivity index (χ0n) is 15.0. The molecule has 1 aromatic heterocycles. The highest BCUT2D eigenvalue weighted by atomic mass is 16.5. The van der Waals surface area contributed by atoms with Crippen LogP contribution in [-0.2, 0) is 12.5 Å². The number of benzene rings is 1. The summed E-state index contributed by atoms with van der Waals surface area (Å²) in [5, 5.41) is 7.24. The Labute approximate surface area is 148 Å². The number of nitrogens with zero attached hydrogens (tertiary/aromatic N) is 2. The van der Waals surface area contributed by atoms with Crippen LogP contribution < -0.4 is 14.8 Å². The molecule has 1 saturated carbocycles. The van der Waals surface area contributed by atoms with E-state index in [1.165, 1.54) is 25.5 Å². The minimum atomic E-state index is -0.148. The second-order valence-corrected chi connectivity index (χ2v) is 6.62. The summed E-state index contributed by atoms with van der Waals surface area (Å²) in [5.41, 5.74) is 1.70. The molecule has 1 fully saturated rings. The van der Waals surface area contributed by atoms with Gasteiger partial charge in [-0.3, -0.25) is 9.48 Å². The van der Waals surface area contributed by atoms with Gasteiger partial charge in [-0.15, -0.1) is 5.10 Å². The van der Waals surface area contributed by atoms with Crippen LogP contribution in [0.1, 0.15) is 41.6 Å². The number of ether oxygens (including phenoxy) is 2. The van der Waals surface area contributed by atoms with Crippen LogP contribution in [0.15, 0.2) is 30.5 Å². The van der Waals surface area contributed by atoms with Crippen LogP contribution in [0.25, 0.3) is 0 Å². The maximum atomic E-state index is 12.6. The zero-order chi connectivity index (χ0) is 17.9. The Morgan fingerprint density at radius 3 is 2.48 bits per heavy atom. The quantitative estimate of drug-likeness (QED) is 0.876. The van der Waals surface area contributed by atoms with Crippen LogP contribution in [0.3, 0.4) is 0 Å². The van der Waals surface area contributed by atoms with Gasteiger partial charge in [-0.1, -0.05) is 25.0 Å². The van der Waals surface area contributed by atoms with Crippen molar-refractivity contribution < 1.29 is 14.3 Å². The molecule has 6 heteroatoms. The van der Waals surface area contributed by atoms with E-state index in [1.54, 1.807) is 25.0 Å². The van der Waals surface area contributed by atoms with Crippen molar-refractivity contribution in [2.24, 2.45) is 7.05 Å². The molecule has 1 aliphatic rings. The van der Waals surface area contributed by atoms with Gasteiger partial charge in [0.1, 0.15) is 11.3 Å². The smallest absolute Gasteiger partial charge is 0.258 e. The third-order valence-electron chi connectivity index (χ3n) is 5.08. The number of amides is 1. The molecule has 0 unspecified atom stereocenters. The van der Waals surface area contributed by atoms with Crippen LogP contribution in [0.5, 0.6) is 11.6 Å². The molecule has 0 saturated heterocycles. The predicted octanol–water partition coefficient (Wildman–Crippen LogP) is 2.68. The molecule has 0 spiro atoms. The van der Waals surface area contributed by atoms with Crippen LogP contribution >= 0.6 is 0 Å². The summed E-state index contributed by atoms with van der Waals surface area (Å²) in [5.74, 6) is 1.05. The molecule has 1 aromatic carbocycles. The molecule has 0 bridgehead atoms. The average molecular weight is 343 g/mol. The van der Waals surface area contributed by atoms with Gasteiger partial charge in [0.15, 0.2) is 0 Å². The highest BCUT2D eigenvalue weighted by molar-refractivity contribution is 5.96. The number of hydrogen-bond donors (Lipinski definition) is 1. The predicted molar refractivity (Wildman–Crippen MR) is 95.2 cm³/mol. The van der Waals surface area contributed by atoms with E-state index in [2.05, 4.69) is 22.5 Å². The Bertz CT molecular complexity index is 731. The highest BCUT2D eigenvalue weighted by Gasteiger charge is 2.36. The fraction of sp³-hybridized carbons (Fsp3) is 0.474. The fourth-order valence-corrected chi connectivity index (χ4v) is 3.68. The van der Waals surface area contributed by atoms with Crippen molar-refractivity contribution in [3.63, 3.8) is 0 Å². The molecule has 25 heavy (non-hydrogen) atoms. The number of methoxy groups -OCH3 is 2. The third-order valence-corrected chi connectivity index (χ3v) is 5.08. The fourth-order valence-electron chi connectivity index (χ4n) is 3.68. The minimum Gasteiger partial charge on any atom is -0.497 e. The molecule has 1 amide bonds. The zero-order valence-corrected chi connectivity index (χ0v) is 15.0. The maximum Gasteiger partial charge on any atom is 0.258 e. The number of aryl methyl sites for hydroxylation is 1. The van der Waals surface area contributed by atoms with Crippen molar-refractivity contribution >= 4 is 5.91 Å². The molecule has 0 atom stereocenters. The van der Waals surface area contributed by atoms with Crippen molar-refractivity contribution in [3.05, 3.63) is 41.6 Å². The summed E-state index contributed by atoms with van der Waals surface area (Å²) in [6.07, 6.45) is 6.19. The SMILES string of the molecule is COc1ccc(C2(CNC(=O)c3cn(C)nc3OC)CCCC2)cc1. The monoisotopic (exact) mass is 343 g/mol. The first-order chi connectivity index (χ1) is 12.1. The van der Waals surface area contributed by atoms with Crippen molar-refractivity contribution in [1.82, 2.24) is 15.1 Å². The van der Waals surface area contributed by atoms with Gasteiger partial charge in [0.05, 0.1) is 14.2 Å². The van der Waals surface area contributed by atoms with Crippen LogP contribution in [0.2, 0.25) is 0 Å². The first kappa shape index (κ1) is 17.3. The number of nitrogens with one attached hydrogen (secondary N) is 1. The summed E-state index contributed by atoms with van der Waals surface area (Å²) in [6.45, 7) is 0.607. The summed E-state index contributed by atoms with van der Waals surface area (Å²) in [6, 6.07) is 8.20. The highest BCUT2D eigenvalue weighted by Crippen LogP contribution is 2.41. The Morgan fingerprint density at radius 2 is 1.88 bits per heavy atom. The van der Waals surface area contributed by atoms with Gasteiger partial charge in [0.25, 0.3) is 5.91 Å². The second-order valence-electron chi connectivity index (χ2n) is 6.62. The largest absolute Gasteiger partial charge is 0.497 e. The molecule has 6 nitrogen and oxygen atoms in total. The van der Waals surface area contributed by atoms with Crippen LogP contribution in [0, 0.1) is 0 Å².